The molecule has 3 N–H and O–H groups in total. The van der Waals surface area contributed by atoms with Gasteiger partial charge in [0.2, 0.25) is 0 Å². The molecule has 7 nitrogen and oxygen atoms in total. The number of likely N-dealkylation sites (tertiary alicyclic amines) is 1. The second-order valence-corrected chi connectivity index (χ2v) is 6.54. The Kier molecular flexibility index (Phi) is 5.25. The highest BCUT2D eigenvalue weighted by Gasteiger charge is 2.25. The van der Waals surface area contributed by atoms with Crippen LogP contribution in [-0.4, -0.2) is 47.6 Å². The lowest BCUT2D eigenvalue weighted by molar-refractivity contribution is 0.0858. The number of ether oxygens (including phenoxy) is 1. The molecule has 1 saturated heterocycles. The number of rotatable bonds is 3. The topological polar surface area (TPSA) is 97.5 Å². The first kappa shape index (κ1) is 18.0. The minimum atomic E-state index is -0.293. The minimum Gasteiger partial charge on any atom is -0.450 e. The third-order valence-corrected chi connectivity index (χ3v) is 4.63. The lowest BCUT2D eigenvalue weighted by Gasteiger charge is -2.31. The number of anilines is 1. The summed E-state index contributed by atoms with van der Waals surface area (Å²) < 4.78 is 5.02. The number of aryl methyl sites for hydroxylation is 1. The molecule has 3 rings (SSSR count). The van der Waals surface area contributed by atoms with Gasteiger partial charge in [0.15, 0.2) is 0 Å². The van der Waals surface area contributed by atoms with E-state index in [1.807, 2.05) is 25.1 Å². The fourth-order valence-electron chi connectivity index (χ4n) is 3.32. The molecule has 0 unspecified atom stereocenters. The summed E-state index contributed by atoms with van der Waals surface area (Å²) in [6.45, 7) is 5.23. The van der Waals surface area contributed by atoms with Crippen molar-refractivity contribution in [2.75, 3.05) is 25.4 Å². The third-order valence-electron chi connectivity index (χ3n) is 4.63. The average Bonchev–Trinajstić information content (AvgIpc) is 2.62. The molecule has 1 aromatic carbocycles. The molecule has 1 aliphatic heterocycles. The van der Waals surface area contributed by atoms with Gasteiger partial charge in [-0.1, -0.05) is 0 Å². The number of nitrogen functional groups attached to an aromatic ring is 1. The molecule has 2 amide bonds. The minimum absolute atomic E-state index is 0.00684. The molecule has 1 fully saturated rings. The van der Waals surface area contributed by atoms with E-state index in [2.05, 4.69) is 10.3 Å². The quantitative estimate of drug-likeness (QED) is 0.824. The lowest BCUT2D eigenvalue weighted by atomic mass is 10.0. The van der Waals surface area contributed by atoms with Crippen LogP contribution in [0.4, 0.5) is 10.5 Å². The highest BCUT2D eigenvalue weighted by atomic mass is 16.6. The SMILES string of the molecule is CCOC(=O)N1CCC(NC(=O)c2nccc3c(N)cc(C)cc23)CC1. The summed E-state index contributed by atoms with van der Waals surface area (Å²) in [6.07, 6.45) is 2.69. The zero-order valence-electron chi connectivity index (χ0n) is 15.1. The highest BCUT2D eigenvalue weighted by molar-refractivity contribution is 6.08. The van der Waals surface area contributed by atoms with Gasteiger partial charge in [-0.2, -0.15) is 0 Å². The van der Waals surface area contributed by atoms with Crippen molar-refractivity contribution in [3.8, 4) is 0 Å². The average molecular weight is 356 g/mol. The Bertz CT molecular complexity index is 829. The zero-order valence-corrected chi connectivity index (χ0v) is 15.1. The van der Waals surface area contributed by atoms with Gasteiger partial charge in [0.05, 0.1) is 6.61 Å². The number of carbonyl (C=O) groups excluding carboxylic acids is 2. The Morgan fingerprint density at radius 3 is 2.73 bits per heavy atom. The van der Waals surface area contributed by atoms with Crippen LogP contribution < -0.4 is 11.1 Å². The van der Waals surface area contributed by atoms with Gasteiger partial charge in [-0.3, -0.25) is 9.78 Å². The van der Waals surface area contributed by atoms with E-state index in [9.17, 15) is 9.59 Å². The van der Waals surface area contributed by atoms with E-state index in [0.29, 0.717) is 43.9 Å². The van der Waals surface area contributed by atoms with Crippen molar-refractivity contribution in [1.29, 1.82) is 0 Å². The van der Waals surface area contributed by atoms with Gasteiger partial charge in [0, 0.05) is 41.8 Å². The fraction of sp³-hybridized carbons (Fsp3) is 0.421. The fourth-order valence-corrected chi connectivity index (χ4v) is 3.32. The summed E-state index contributed by atoms with van der Waals surface area (Å²) in [4.78, 5) is 30.4. The van der Waals surface area contributed by atoms with Crippen molar-refractivity contribution >= 4 is 28.5 Å². The van der Waals surface area contributed by atoms with Gasteiger partial charge in [-0.25, -0.2) is 4.79 Å². The predicted molar refractivity (Wildman–Crippen MR) is 100.0 cm³/mol. The Hall–Kier alpha value is -2.83. The number of hydrogen-bond donors (Lipinski definition) is 2. The molecule has 2 aromatic rings. The highest BCUT2D eigenvalue weighted by Crippen LogP contribution is 2.25. The van der Waals surface area contributed by atoms with E-state index in [1.54, 1.807) is 18.0 Å². The van der Waals surface area contributed by atoms with Crippen molar-refractivity contribution in [3.05, 3.63) is 35.7 Å². The summed E-state index contributed by atoms with van der Waals surface area (Å²) in [6, 6.07) is 5.64. The molecule has 0 saturated carbocycles. The number of pyridine rings is 1. The van der Waals surface area contributed by atoms with Crippen LogP contribution in [0.15, 0.2) is 24.4 Å². The largest absolute Gasteiger partial charge is 0.450 e. The molecule has 0 bridgehead atoms. The number of piperidine rings is 1. The van der Waals surface area contributed by atoms with Gasteiger partial charge in [-0.15, -0.1) is 0 Å². The Morgan fingerprint density at radius 1 is 1.31 bits per heavy atom. The van der Waals surface area contributed by atoms with Crippen LogP contribution in [0.2, 0.25) is 0 Å². The van der Waals surface area contributed by atoms with Crippen LogP contribution in [0.5, 0.6) is 0 Å². The van der Waals surface area contributed by atoms with E-state index < -0.39 is 0 Å². The molecule has 0 spiro atoms. The van der Waals surface area contributed by atoms with Gasteiger partial charge in [0.1, 0.15) is 5.69 Å². The molecular formula is C19H24N4O3. The van der Waals surface area contributed by atoms with Gasteiger partial charge >= 0.3 is 6.09 Å². The maximum atomic E-state index is 12.7. The maximum Gasteiger partial charge on any atom is 0.409 e. The number of amides is 2. The summed E-state index contributed by atoms with van der Waals surface area (Å²) >= 11 is 0. The summed E-state index contributed by atoms with van der Waals surface area (Å²) in [5.41, 5.74) is 8.07. The number of carbonyl (C=O) groups is 2. The first-order chi connectivity index (χ1) is 12.5. The molecule has 1 aromatic heterocycles. The predicted octanol–water partition coefficient (Wildman–Crippen LogP) is 2.48. The molecular weight excluding hydrogens is 332 g/mol. The molecule has 0 radical (unpaired) electrons. The zero-order chi connectivity index (χ0) is 18.7. The van der Waals surface area contributed by atoms with E-state index in [4.69, 9.17) is 10.5 Å². The molecule has 138 valence electrons. The van der Waals surface area contributed by atoms with Gasteiger partial charge in [-0.05, 0) is 50.5 Å². The Balaban J connectivity index is 1.70. The molecule has 2 heterocycles. The number of nitrogens with zero attached hydrogens (tertiary/aromatic N) is 2. The first-order valence-corrected chi connectivity index (χ1v) is 8.87. The maximum absolute atomic E-state index is 12.7. The second-order valence-electron chi connectivity index (χ2n) is 6.54. The number of aromatic nitrogens is 1. The van der Waals surface area contributed by atoms with Crippen molar-refractivity contribution in [2.24, 2.45) is 0 Å². The van der Waals surface area contributed by atoms with Crippen molar-refractivity contribution in [3.63, 3.8) is 0 Å². The molecule has 0 aliphatic carbocycles. The van der Waals surface area contributed by atoms with E-state index >= 15 is 0 Å². The van der Waals surface area contributed by atoms with Gasteiger partial charge < -0.3 is 20.7 Å². The number of hydrogen-bond acceptors (Lipinski definition) is 5. The lowest BCUT2D eigenvalue weighted by Crippen LogP contribution is -2.46. The standard InChI is InChI=1S/C19H24N4O3/c1-3-26-19(25)23-8-5-13(6-9-23)22-18(24)17-15-10-12(2)11-16(20)14(15)4-7-21-17/h4,7,10-11,13H,3,5-6,8-9,20H2,1-2H3,(H,22,24). The van der Waals surface area contributed by atoms with Crippen LogP contribution in [0.3, 0.4) is 0 Å². The van der Waals surface area contributed by atoms with Crippen molar-refractivity contribution in [2.45, 2.75) is 32.7 Å². The van der Waals surface area contributed by atoms with Crippen LogP contribution in [0.25, 0.3) is 10.8 Å². The molecule has 26 heavy (non-hydrogen) atoms. The summed E-state index contributed by atoms with van der Waals surface area (Å²) in [5, 5.41) is 4.62. The molecule has 7 heteroatoms. The smallest absolute Gasteiger partial charge is 0.409 e. The van der Waals surface area contributed by atoms with E-state index in [-0.39, 0.29) is 18.0 Å². The number of nitrogens with one attached hydrogen (secondary N) is 1. The monoisotopic (exact) mass is 356 g/mol. The molecule has 0 atom stereocenters. The van der Waals surface area contributed by atoms with E-state index in [1.165, 1.54) is 0 Å². The normalized spacial score (nSPS) is 15.1. The first-order valence-electron chi connectivity index (χ1n) is 8.87. The number of nitrogens with two attached hydrogens (primary N) is 1. The Morgan fingerprint density at radius 2 is 2.04 bits per heavy atom. The van der Waals surface area contributed by atoms with E-state index in [0.717, 1.165) is 16.3 Å². The summed E-state index contributed by atoms with van der Waals surface area (Å²) in [7, 11) is 0. The van der Waals surface area contributed by atoms with Crippen LogP contribution in [0.1, 0.15) is 35.8 Å². The summed E-state index contributed by atoms with van der Waals surface area (Å²) in [5.74, 6) is -0.213. The third kappa shape index (κ3) is 3.71. The van der Waals surface area contributed by atoms with Gasteiger partial charge in [0.25, 0.3) is 5.91 Å². The van der Waals surface area contributed by atoms with Crippen molar-refractivity contribution < 1.29 is 14.3 Å². The second kappa shape index (κ2) is 7.59. The molecule has 1 aliphatic rings. The number of benzene rings is 1. The Labute approximate surface area is 152 Å². The van der Waals surface area contributed by atoms with Crippen LogP contribution in [-0.2, 0) is 4.74 Å². The number of fused-ring (bicyclic) bond motifs is 1. The van der Waals surface area contributed by atoms with Crippen LogP contribution in [0, 0.1) is 6.92 Å². The van der Waals surface area contributed by atoms with Crippen molar-refractivity contribution in [1.82, 2.24) is 15.2 Å². The van der Waals surface area contributed by atoms with Crippen LogP contribution >= 0.6 is 0 Å².